The number of carbonyl (C=O) groups excluding carboxylic acids is 1. The molecule has 2 heterocycles. The van der Waals surface area contributed by atoms with E-state index in [-0.39, 0.29) is 21.8 Å². The molecular weight excluding hydrogens is 544 g/mol. The molecule has 1 aliphatic rings. The van der Waals surface area contributed by atoms with Crippen molar-refractivity contribution in [1.82, 2.24) is 19.5 Å². The van der Waals surface area contributed by atoms with Crippen molar-refractivity contribution in [2.24, 2.45) is 5.14 Å². The number of aromatic nitrogens is 4. The number of nitrogens with zero attached hydrogens (tertiary/aromatic N) is 4. The number of thioether (sulfide) groups is 1. The third-order valence-electron chi connectivity index (χ3n) is 6.33. The molecule has 0 saturated heterocycles. The van der Waals surface area contributed by atoms with Crippen LogP contribution in [0.5, 0.6) is 0 Å². The van der Waals surface area contributed by atoms with E-state index in [1.54, 1.807) is 6.20 Å². The molecule has 5 aromatic rings. The van der Waals surface area contributed by atoms with Gasteiger partial charge >= 0.3 is 0 Å². The fraction of sp³-hybridized carbons (Fsp3) is 0.154. The minimum Gasteiger partial charge on any atom is -0.325 e. The van der Waals surface area contributed by atoms with E-state index in [0.29, 0.717) is 27.9 Å². The fourth-order valence-electron chi connectivity index (χ4n) is 4.45. The van der Waals surface area contributed by atoms with Crippen molar-refractivity contribution in [2.45, 2.75) is 28.8 Å². The van der Waals surface area contributed by atoms with Gasteiger partial charge in [-0.05, 0) is 71.6 Å². The molecule has 1 aliphatic carbocycles. The van der Waals surface area contributed by atoms with Gasteiger partial charge in [-0.1, -0.05) is 42.1 Å². The molecule has 192 valence electrons. The number of amides is 1. The van der Waals surface area contributed by atoms with Gasteiger partial charge in [-0.2, -0.15) is 4.98 Å². The Morgan fingerprint density at radius 1 is 1.05 bits per heavy atom. The third kappa shape index (κ3) is 4.85. The lowest BCUT2D eigenvalue weighted by Gasteiger charge is -2.14. The number of nitrogens with two attached hydrogens (primary N) is 1. The molecule has 0 atom stereocenters. The van der Waals surface area contributed by atoms with Crippen LogP contribution < -0.4 is 10.5 Å². The Morgan fingerprint density at radius 2 is 1.79 bits per heavy atom. The predicted molar refractivity (Wildman–Crippen MR) is 148 cm³/mol. The number of carbonyl (C=O) groups is 1. The van der Waals surface area contributed by atoms with Crippen LogP contribution in [0.1, 0.15) is 24.3 Å². The zero-order valence-corrected chi connectivity index (χ0v) is 22.2. The van der Waals surface area contributed by atoms with Gasteiger partial charge in [0.2, 0.25) is 21.2 Å². The number of hydrogen-bond acceptors (Lipinski definition) is 7. The summed E-state index contributed by atoms with van der Waals surface area (Å²) in [5.74, 6) is 0.358. The van der Waals surface area contributed by atoms with E-state index in [0.717, 1.165) is 11.1 Å². The van der Waals surface area contributed by atoms with Crippen molar-refractivity contribution in [2.75, 3.05) is 11.1 Å². The van der Waals surface area contributed by atoms with Crippen molar-refractivity contribution in [1.29, 1.82) is 0 Å². The van der Waals surface area contributed by atoms with Gasteiger partial charge in [0.1, 0.15) is 5.52 Å². The second kappa shape index (κ2) is 9.66. The fourth-order valence-corrected chi connectivity index (χ4v) is 5.91. The summed E-state index contributed by atoms with van der Waals surface area (Å²) in [6, 6.07) is 18.2. The minimum absolute atomic E-state index is 0.0294. The number of halogens is 1. The van der Waals surface area contributed by atoms with Gasteiger partial charge in [0.15, 0.2) is 10.8 Å². The quantitative estimate of drug-likeness (QED) is 0.213. The Labute approximate surface area is 227 Å². The average Bonchev–Trinajstić information content (AvgIpc) is 3.68. The zero-order chi connectivity index (χ0) is 26.4. The summed E-state index contributed by atoms with van der Waals surface area (Å²) in [7, 11) is -3.81. The summed E-state index contributed by atoms with van der Waals surface area (Å²) in [6.07, 6.45) is 3.96. The molecule has 3 N–H and O–H groups in total. The highest BCUT2D eigenvalue weighted by molar-refractivity contribution is 7.99. The molecule has 0 bridgehead atoms. The molecule has 2 aromatic heterocycles. The van der Waals surface area contributed by atoms with E-state index < -0.39 is 10.0 Å². The highest BCUT2D eigenvalue weighted by atomic mass is 35.5. The van der Waals surface area contributed by atoms with Crippen molar-refractivity contribution < 1.29 is 13.2 Å². The van der Waals surface area contributed by atoms with E-state index >= 15 is 0 Å². The van der Waals surface area contributed by atoms with Crippen molar-refractivity contribution in [3.8, 4) is 5.69 Å². The second-order valence-electron chi connectivity index (χ2n) is 8.98. The van der Waals surface area contributed by atoms with Gasteiger partial charge < -0.3 is 5.32 Å². The van der Waals surface area contributed by atoms with Crippen molar-refractivity contribution in [3.63, 3.8) is 0 Å². The number of anilines is 1. The molecule has 38 heavy (non-hydrogen) atoms. The number of rotatable bonds is 7. The van der Waals surface area contributed by atoms with Gasteiger partial charge in [-0.25, -0.2) is 23.5 Å². The molecule has 3 aromatic carbocycles. The molecule has 1 amide bonds. The molecule has 12 heteroatoms. The van der Waals surface area contributed by atoms with Crippen LogP contribution in [0, 0.1) is 0 Å². The lowest BCUT2D eigenvalue weighted by atomic mass is 9.99. The van der Waals surface area contributed by atoms with Crippen LogP contribution in [0.3, 0.4) is 0 Å². The number of fused-ring (bicyclic) bond motifs is 2. The van der Waals surface area contributed by atoms with E-state index in [1.807, 2.05) is 16.7 Å². The normalized spacial score (nSPS) is 13.7. The Balaban J connectivity index is 1.33. The maximum Gasteiger partial charge on any atom is 0.238 e. The molecule has 0 radical (unpaired) electrons. The summed E-state index contributed by atoms with van der Waals surface area (Å²) >= 11 is 7.41. The van der Waals surface area contributed by atoms with E-state index in [4.69, 9.17) is 21.7 Å². The SMILES string of the molecule is NS(=O)(=O)c1ccc(NC(=O)CSc2nc3cnc(Cl)nc3n2-c2ccc(C3CC3)c3ccccc23)cc1. The summed E-state index contributed by atoms with van der Waals surface area (Å²) in [5.41, 5.74) is 3.80. The number of nitrogens with one attached hydrogen (secondary N) is 1. The van der Waals surface area contributed by atoms with Crippen molar-refractivity contribution in [3.05, 3.63) is 77.7 Å². The summed E-state index contributed by atoms with van der Waals surface area (Å²) in [5, 5.41) is 10.8. The van der Waals surface area contributed by atoms with Crippen LogP contribution >= 0.6 is 23.4 Å². The summed E-state index contributed by atoms with van der Waals surface area (Å²) < 4.78 is 24.8. The van der Waals surface area contributed by atoms with E-state index in [9.17, 15) is 13.2 Å². The Bertz CT molecular complexity index is 1820. The number of imidazole rings is 1. The first kappa shape index (κ1) is 24.8. The van der Waals surface area contributed by atoms with E-state index in [2.05, 4.69) is 39.6 Å². The Morgan fingerprint density at radius 3 is 2.50 bits per heavy atom. The van der Waals surface area contributed by atoms with Crippen LogP contribution in [-0.2, 0) is 14.8 Å². The number of primary sulfonamides is 1. The van der Waals surface area contributed by atoms with Gasteiger partial charge in [-0.3, -0.25) is 9.36 Å². The summed E-state index contributed by atoms with van der Waals surface area (Å²) in [4.78, 5) is 26.0. The maximum atomic E-state index is 12.8. The smallest absolute Gasteiger partial charge is 0.238 e. The molecule has 0 aliphatic heterocycles. The number of sulfonamides is 1. The Kier molecular flexibility index (Phi) is 6.31. The molecule has 6 rings (SSSR count). The van der Waals surface area contributed by atoms with E-state index in [1.165, 1.54) is 59.8 Å². The third-order valence-corrected chi connectivity index (χ3v) is 8.38. The molecular formula is C26H21ClN6O3S2. The van der Waals surface area contributed by atoms with Gasteiger partial charge in [0.25, 0.3) is 0 Å². The second-order valence-corrected chi connectivity index (χ2v) is 11.8. The lowest BCUT2D eigenvalue weighted by Crippen LogP contribution is -2.15. The highest BCUT2D eigenvalue weighted by Crippen LogP contribution is 2.44. The first-order valence-corrected chi connectivity index (χ1v) is 14.7. The van der Waals surface area contributed by atoms with Crippen molar-refractivity contribution >= 4 is 66.9 Å². The van der Waals surface area contributed by atoms with Gasteiger partial charge in [0.05, 0.1) is 22.5 Å². The van der Waals surface area contributed by atoms with Crippen LogP contribution in [0.2, 0.25) is 5.28 Å². The standard InChI is InChI=1S/C26H21ClN6O3S2/c27-25-29-13-21-24(32-25)33(22-12-11-18(15-5-6-15)19-3-1-2-4-20(19)22)26(31-21)37-14-23(34)30-16-7-9-17(10-8-16)38(28,35)36/h1-4,7-13,15H,5-6,14H2,(H,30,34)(H2,28,35,36). The average molecular weight is 565 g/mol. The monoisotopic (exact) mass is 564 g/mol. The lowest BCUT2D eigenvalue weighted by molar-refractivity contribution is -0.113. The molecule has 1 saturated carbocycles. The van der Waals surface area contributed by atoms with Gasteiger partial charge in [-0.15, -0.1) is 0 Å². The molecule has 9 nitrogen and oxygen atoms in total. The highest BCUT2D eigenvalue weighted by Gasteiger charge is 2.26. The van der Waals surface area contributed by atoms with Crippen LogP contribution in [-0.4, -0.2) is 39.6 Å². The van der Waals surface area contributed by atoms with Crippen LogP contribution in [0.15, 0.2) is 76.9 Å². The zero-order valence-electron chi connectivity index (χ0n) is 19.8. The topological polar surface area (TPSA) is 133 Å². The number of benzene rings is 3. The van der Waals surface area contributed by atoms with Gasteiger partial charge in [0, 0.05) is 11.1 Å². The van der Waals surface area contributed by atoms with Crippen LogP contribution in [0.25, 0.3) is 27.6 Å². The largest absolute Gasteiger partial charge is 0.325 e. The first-order chi connectivity index (χ1) is 18.3. The molecule has 1 fully saturated rings. The summed E-state index contributed by atoms with van der Waals surface area (Å²) in [6.45, 7) is 0. The number of hydrogen-bond donors (Lipinski definition) is 2. The predicted octanol–water partition coefficient (Wildman–Crippen LogP) is 4.88. The maximum absolute atomic E-state index is 12.8. The Hall–Kier alpha value is -3.51. The minimum atomic E-state index is -3.81. The first-order valence-electron chi connectivity index (χ1n) is 11.8. The molecule has 0 unspecified atom stereocenters. The van der Waals surface area contributed by atoms with Crippen LogP contribution in [0.4, 0.5) is 5.69 Å². The molecule has 0 spiro atoms.